The van der Waals surface area contributed by atoms with Crippen LogP contribution < -0.4 is 0 Å². The molecular formula is C12H23N. The molecule has 1 nitrogen and oxygen atoms in total. The molecule has 13 heavy (non-hydrogen) atoms. The zero-order chi connectivity index (χ0) is 10.1. The van der Waals surface area contributed by atoms with Gasteiger partial charge in [0.15, 0.2) is 0 Å². The highest BCUT2D eigenvalue weighted by atomic mass is 15.0. The van der Waals surface area contributed by atoms with Crippen molar-refractivity contribution in [1.29, 1.82) is 0 Å². The van der Waals surface area contributed by atoms with E-state index in [9.17, 15) is 0 Å². The van der Waals surface area contributed by atoms with E-state index in [2.05, 4.69) is 51.1 Å². The predicted octanol–water partition coefficient (Wildman–Crippen LogP) is 3.24. The van der Waals surface area contributed by atoms with E-state index in [4.69, 9.17) is 0 Å². The Kier molecular flexibility index (Phi) is 7.71. The maximum Gasteiger partial charge on any atom is 0.0224 e. The van der Waals surface area contributed by atoms with E-state index in [-0.39, 0.29) is 0 Å². The topological polar surface area (TPSA) is 3.24 Å². The monoisotopic (exact) mass is 181 g/mol. The summed E-state index contributed by atoms with van der Waals surface area (Å²) in [6.45, 7) is 5.35. The van der Waals surface area contributed by atoms with Crippen molar-refractivity contribution in [2.24, 2.45) is 0 Å². The molecule has 0 aliphatic rings. The summed E-state index contributed by atoms with van der Waals surface area (Å²) in [7, 11) is 4.22. The van der Waals surface area contributed by atoms with Gasteiger partial charge in [-0.05, 0) is 33.0 Å². The molecule has 0 unspecified atom stereocenters. The number of allylic oxidation sites excluding steroid dienone is 2. The molecule has 0 aliphatic carbocycles. The summed E-state index contributed by atoms with van der Waals surface area (Å²) in [5.74, 6) is 0. The van der Waals surface area contributed by atoms with Gasteiger partial charge < -0.3 is 4.90 Å². The number of unbranched alkanes of at least 4 members (excludes halogenated alkanes) is 2. The van der Waals surface area contributed by atoms with Crippen LogP contribution in [0, 0.1) is 0 Å². The number of hydrogen-bond donors (Lipinski definition) is 0. The largest absolute Gasteiger partial charge is 0.305 e. The lowest BCUT2D eigenvalue weighted by molar-refractivity contribution is 0.448. The fourth-order valence-corrected chi connectivity index (χ4v) is 1.26. The highest BCUT2D eigenvalue weighted by Gasteiger charge is 1.93. The van der Waals surface area contributed by atoms with Gasteiger partial charge in [0, 0.05) is 6.54 Å². The van der Waals surface area contributed by atoms with Gasteiger partial charge in [0.2, 0.25) is 0 Å². The van der Waals surface area contributed by atoms with Gasteiger partial charge in [0.05, 0.1) is 0 Å². The van der Waals surface area contributed by atoms with E-state index in [0.29, 0.717) is 0 Å². The SMILES string of the molecule is C/C=C\C(=C/CCCC)CN(C)C. The minimum absolute atomic E-state index is 1.05. The molecule has 1 heteroatoms. The lowest BCUT2D eigenvalue weighted by Gasteiger charge is -2.10. The smallest absolute Gasteiger partial charge is 0.0224 e. The molecule has 0 amide bonds. The van der Waals surface area contributed by atoms with Gasteiger partial charge in [0.1, 0.15) is 0 Å². The van der Waals surface area contributed by atoms with Crippen molar-refractivity contribution in [2.45, 2.75) is 33.1 Å². The number of rotatable bonds is 6. The third kappa shape index (κ3) is 7.79. The lowest BCUT2D eigenvalue weighted by atomic mass is 10.1. The molecule has 0 N–H and O–H groups in total. The molecule has 0 saturated carbocycles. The Morgan fingerprint density at radius 2 is 2.00 bits per heavy atom. The van der Waals surface area contributed by atoms with Crippen LogP contribution in [0.15, 0.2) is 23.8 Å². The van der Waals surface area contributed by atoms with E-state index in [1.165, 1.54) is 24.8 Å². The summed E-state index contributed by atoms with van der Waals surface area (Å²) in [5, 5.41) is 0. The lowest BCUT2D eigenvalue weighted by Crippen LogP contribution is -2.14. The van der Waals surface area contributed by atoms with Gasteiger partial charge in [-0.25, -0.2) is 0 Å². The van der Waals surface area contributed by atoms with Crippen LogP contribution in [0.1, 0.15) is 33.1 Å². The third-order valence-electron chi connectivity index (χ3n) is 1.84. The van der Waals surface area contributed by atoms with E-state index < -0.39 is 0 Å². The van der Waals surface area contributed by atoms with Crippen LogP contribution in [0.25, 0.3) is 0 Å². The summed E-state index contributed by atoms with van der Waals surface area (Å²) in [4.78, 5) is 2.21. The summed E-state index contributed by atoms with van der Waals surface area (Å²) in [5.41, 5.74) is 1.43. The van der Waals surface area contributed by atoms with Crippen molar-refractivity contribution in [2.75, 3.05) is 20.6 Å². The van der Waals surface area contributed by atoms with E-state index >= 15 is 0 Å². The predicted molar refractivity (Wildman–Crippen MR) is 61.0 cm³/mol. The Balaban J connectivity index is 3.98. The van der Waals surface area contributed by atoms with Gasteiger partial charge in [0.25, 0.3) is 0 Å². The first-order valence-corrected chi connectivity index (χ1v) is 5.17. The van der Waals surface area contributed by atoms with Gasteiger partial charge in [-0.1, -0.05) is 38.0 Å². The number of hydrogen-bond acceptors (Lipinski definition) is 1. The van der Waals surface area contributed by atoms with Crippen molar-refractivity contribution in [3.8, 4) is 0 Å². The van der Waals surface area contributed by atoms with Crippen LogP contribution in [0.2, 0.25) is 0 Å². The molecule has 76 valence electrons. The van der Waals surface area contributed by atoms with Crippen molar-refractivity contribution in [3.63, 3.8) is 0 Å². The normalized spacial score (nSPS) is 13.2. The second-order valence-corrected chi connectivity index (χ2v) is 3.66. The van der Waals surface area contributed by atoms with Crippen molar-refractivity contribution < 1.29 is 0 Å². The molecule has 0 atom stereocenters. The van der Waals surface area contributed by atoms with E-state index in [1.807, 2.05) is 0 Å². The molecular weight excluding hydrogens is 158 g/mol. The first-order chi connectivity index (χ1) is 6.20. The highest BCUT2D eigenvalue weighted by molar-refractivity contribution is 5.19. The molecule has 0 rings (SSSR count). The van der Waals surface area contributed by atoms with E-state index in [1.54, 1.807) is 0 Å². The van der Waals surface area contributed by atoms with Crippen LogP contribution in [0.3, 0.4) is 0 Å². The Morgan fingerprint density at radius 3 is 2.46 bits per heavy atom. The van der Waals surface area contributed by atoms with Gasteiger partial charge in [-0.2, -0.15) is 0 Å². The molecule has 0 fully saturated rings. The Bertz CT molecular complexity index is 166. The summed E-state index contributed by atoms with van der Waals surface area (Å²) in [6.07, 6.45) is 10.5. The first kappa shape index (κ1) is 12.4. The standard InChI is InChI=1S/C12H23N/c1-5-7-8-10-12(9-6-2)11-13(3)4/h6,9-10H,5,7-8,11H2,1-4H3/b9-6-,12-10+. The van der Waals surface area contributed by atoms with Crippen molar-refractivity contribution >= 4 is 0 Å². The third-order valence-corrected chi connectivity index (χ3v) is 1.84. The van der Waals surface area contributed by atoms with Crippen LogP contribution in [0.5, 0.6) is 0 Å². The zero-order valence-electron chi connectivity index (χ0n) is 9.51. The Morgan fingerprint density at radius 1 is 1.31 bits per heavy atom. The van der Waals surface area contributed by atoms with Crippen LogP contribution in [-0.4, -0.2) is 25.5 Å². The quantitative estimate of drug-likeness (QED) is 0.449. The fourth-order valence-electron chi connectivity index (χ4n) is 1.26. The van der Waals surface area contributed by atoms with Gasteiger partial charge >= 0.3 is 0 Å². The van der Waals surface area contributed by atoms with Gasteiger partial charge in [-0.15, -0.1) is 0 Å². The maximum atomic E-state index is 2.35. The second-order valence-electron chi connectivity index (χ2n) is 3.66. The summed E-state index contributed by atoms with van der Waals surface area (Å²) >= 11 is 0. The molecule has 0 radical (unpaired) electrons. The maximum absolute atomic E-state index is 2.35. The van der Waals surface area contributed by atoms with Crippen molar-refractivity contribution in [3.05, 3.63) is 23.8 Å². The second kappa shape index (κ2) is 8.06. The average Bonchev–Trinajstić information content (AvgIpc) is 2.04. The molecule has 0 saturated heterocycles. The number of likely N-dealkylation sites (N-methyl/N-ethyl adjacent to an activating group) is 1. The van der Waals surface area contributed by atoms with Crippen LogP contribution in [0.4, 0.5) is 0 Å². The minimum atomic E-state index is 1.05. The molecule has 0 aromatic carbocycles. The van der Waals surface area contributed by atoms with Crippen molar-refractivity contribution in [1.82, 2.24) is 4.90 Å². The van der Waals surface area contributed by atoms with Gasteiger partial charge in [-0.3, -0.25) is 0 Å². The molecule has 0 aromatic heterocycles. The molecule has 0 bridgehead atoms. The van der Waals surface area contributed by atoms with E-state index in [0.717, 1.165) is 6.54 Å². The first-order valence-electron chi connectivity index (χ1n) is 5.17. The zero-order valence-corrected chi connectivity index (χ0v) is 9.51. The van der Waals surface area contributed by atoms with Crippen LogP contribution in [-0.2, 0) is 0 Å². The minimum Gasteiger partial charge on any atom is -0.305 e. The highest BCUT2D eigenvalue weighted by Crippen LogP contribution is 2.04. The Hall–Kier alpha value is -0.560. The molecule has 0 aromatic rings. The molecule has 0 spiro atoms. The average molecular weight is 181 g/mol. The number of nitrogens with zero attached hydrogens (tertiary/aromatic N) is 1. The van der Waals surface area contributed by atoms with Crippen LogP contribution >= 0.6 is 0 Å². The molecule has 0 heterocycles. The Labute approximate surface area is 83.1 Å². The summed E-state index contributed by atoms with van der Waals surface area (Å²) in [6, 6.07) is 0. The summed E-state index contributed by atoms with van der Waals surface area (Å²) < 4.78 is 0. The molecule has 0 aliphatic heterocycles. The fraction of sp³-hybridized carbons (Fsp3) is 0.667.